The quantitative estimate of drug-likeness (QED) is 0.722. The van der Waals surface area contributed by atoms with Gasteiger partial charge in [0.05, 0.1) is 6.04 Å². The average molecular weight is 237 g/mol. The van der Waals surface area contributed by atoms with Gasteiger partial charge in [-0.1, -0.05) is 33.1 Å². The lowest BCUT2D eigenvalue weighted by Crippen LogP contribution is -2.25. The van der Waals surface area contributed by atoms with Crippen LogP contribution >= 0.6 is 0 Å². The summed E-state index contributed by atoms with van der Waals surface area (Å²) in [6.07, 6.45) is 5.23. The smallest absolute Gasteiger partial charge is 0.120 e. The van der Waals surface area contributed by atoms with Crippen LogP contribution in [0.25, 0.3) is 0 Å². The van der Waals surface area contributed by atoms with Crippen molar-refractivity contribution in [2.75, 3.05) is 6.54 Å². The lowest BCUT2D eigenvalue weighted by molar-refractivity contribution is 0.365. The molecule has 0 aromatic carbocycles. The van der Waals surface area contributed by atoms with Crippen LogP contribution in [-0.4, -0.2) is 6.54 Å². The van der Waals surface area contributed by atoms with Crippen LogP contribution in [-0.2, 0) is 0 Å². The van der Waals surface area contributed by atoms with Gasteiger partial charge < -0.3 is 9.73 Å². The summed E-state index contributed by atoms with van der Waals surface area (Å²) < 4.78 is 5.63. The number of hydrogen-bond acceptors (Lipinski definition) is 2. The minimum absolute atomic E-state index is 0.319. The monoisotopic (exact) mass is 237 g/mol. The number of nitrogens with one attached hydrogen (secondary N) is 1. The van der Waals surface area contributed by atoms with E-state index in [2.05, 4.69) is 32.2 Å². The Kier molecular flexibility index (Phi) is 6.35. The number of aryl methyl sites for hydroxylation is 1. The first kappa shape index (κ1) is 14.3. The number of unbranched alkanes of at least 4 members (excludes halogenated alkanes) is 1. The summed E-state index contributed by atoms with van der Waals surface area (Å²) in [4.78, 5) is 0. The number of rotatable bonds is 8. The Balaban J connectivity index is 2.33. The molecule has 0 fully saturated rings. The highest BCUT2D eigenvalue weighted by Crippen LogP contribution is 2.17. The molecule has 0 spiro atoms. The number of furan rings is 1. The lowest BCUT2D eigenvalue weighted by Gasteiger charge is -2.18. The van der Waals surface area contributed by atoms with E-state index in [1.165, 1.54) is 25.7 Å². The van der Waals surface area contributed by atoms with Crippen molar-refractivity contribution in [3.63, 3.8) is 0 Å². The first-order chi connectivity index (χ1) is 8.17. The van der Waals surface area contributed by atoms with E-state index in [1.54, 1.807) is 0 Å². The van der Waals surface area contributed by atoms with Crippen molar-refractivity contribution in [2.45, 2.75) is 59.4 Å². The summed E-state index contributed by atoms with van der Waals surface area (Å²) in [6.45, 7) is 9.80. The van der Waals surface area contributed by atoms with Crippen molar-refractivity contribution in [3.05, 3.63) is 23.7 Å². The molecule has 1 aromatic rings. The zero-order valence-corrected chi connectivity index (χ0v) is 11.8. The topological polar surface area (TPSA) is 25.2 Å². The fourth-order valence-corrected chi connectivity index (χ4v) is 2.07. The van der Waals surface area contributed by atoms with Crippen molar-refractivity contribution in [1.82, 2.24) is 5.32 Å². The van der Waals surface area contributed by atoms with Gasteiger partial charge >= 0.3 is 0 Å². The minimum Gasteiger partial charge on any atom is -0.465 e. The van der Waals surface area contributed by atoms with Gasteiger partial charge in [-0.3, -0.25) is 0 Å². The van der Waals surface area contributed by atoms with Crippen molar-refractivity contribution < 1.29 is 4.42 Å². The normalized spacial score (nSPS) is 14.8. The molecule has 2 unspecified atom stereocenters. The first-order valence-corrected chi connectivity index (χ1v) is 6.97. The predicted octanol–water partition coefficient (Wildman–Crippen LogP) is 4.46. The molecule has 0 aliphatic heterocycles. The van der Waals surface area contributed by atoms with Gasteiger partial charge in [-0.15, -0.1) is 0 Å². The van der Waals surface area contributed by atoms with Crippen LogP contribution in [0.3, 0.4) is 0 Å². The Labute approximate surface area is 106 Å². The SMILES string of the molecule is CCCCC(CC)CNC(C)c1ccc(C)o1. The molecule has 1 aromatic heterocycles. The molecule has 0 amide bonds. The Morgan fingerprint density at radius 1 is 1.29 bits per heavy atom. The molecule has 0 aliphatic rings. The first-order valence-electron chi connectivity index (χ1n) is 6.97. The standard InChI is InChI=1S/C15H27NO/c1-5-7-8-14(6-2)11-16-13(4)15-10-9-12(3)17-15/h9-10,13-14,16H,5-8,11H2,1-4H3. The summed E-state index contributed by atoms with van der Waals surface area (Å²) in [7, 11) is 0. The van der Waals surface area contributed by atoms with Gasteiger partial charge in [-0.2, -0.15) is 0 Å². The van der Waals surface area contributed by atoms with Crippen molar-refractivity contribution in [2.24, 2.45) is 5.92 Å². The molecular weight excluding hydrogens is 210 g/mol. The van der Waals surface area contributed by atoms with Gasteiger partial charge in [-0.05, 0) is 44.9 Å². The summed E-state index contributed by atoms with van der Waals surface area (Å²) in [5.74, 6) is 2.84. The fraction of sp³-hybridized carbons (Fsp3) is 0.733. The number of hydrogen-bond donors (Lipinski definition) is 1. The van der Waals surface area contributed by atoms with Crippen LogP contribution in [0.5, 0.6) is 0 Å². The molecule has 2 heteroatoms. The second kappa shape index (κ2) is 7.54. The van der Waals surface area contributed by atoms with Crippen molar-refractivity contribution >= 4 is 0 Å². The van der Waals surface area contributed by atoms with Gasteiger partial charge in [0.1, 0.15) is 11.5 Å². The Morgan fingerprint density at radius 3 is 2.59 bits per heavy atom. The largest absolute Gasteiger partial charge is 0.465 e. The summed E-state index contributed by atoms with van der Waals surface area (Å²) in [6, 6.07) is 4.42. The molecule has 2 nitrogen and oxygen atoms in total. The molecule has 0 bridgehead atoms. The van der Waals surface area contributed by atoms with Crippen molar-refractivity contribution in [3.8, 4) is 0 Å². The van der Waals surface area contributed by atoms with E-state index < -0.39 is 0 Å². The van der Waals surface area contributed by atoms with E-state index in [0.717, 1.165) is 24.0 Å². The molecule has 1 rings (SSSR count). The van der Waals surface area contributed by atoms with Crippen LogP contribution in [0, 0.1) is 12.8 Å². The van der Waals surface area contributed by atoms with E-state index in [1.807, 2.05) is 13.0 Å². The second-order valence-electron chi connectivity index (χ2n) is 4.99. The van der Waals surface area contributed by atoms with Crippen LogP contribution in [0.1, 0.15) is 64.0 Å². The Bertz CT molecular complexity index is 306. The van der Waals surface area contributed by atoms with E-state index in [9.17, 15) is 0 Å². The molecule has 98 valence electrons. The van der Waals surface area contributed by atoms with Crippen LogP contribution < -0.4 is 5.32 Å². The van der Waals surface area contributed by atoms with Gasteiger partial charge in [0.25, 0.3) is 0 Å². The van der Waals surface area contributed by atoms with Gasteiger partial charge in [0.2, 0.25) is 0 Å². The van der Waals surface area contributed by atoms with Crippen LogP contribution in [0.2, 0.25) is 0 Å². The second-order valence-corrected chi connectivity index (χ2v) is 4.99. The van der Waals surface area contributed by atoms with E-state index in [4.69, 9.17) is 4.42 Å². The molecule has 0 saturated carbocycles. The third kappa shape index (κ3) is 4.95. The summed E-state index contributed by atoms with van der Waals surface area (Å²) >= 11 is 0. The highest BCUT2D eigenvalue weighted by molar-refractivity contribution is 5.08. The Hall–Kier alpha value is -0.760. The zero-order valence-electron chi connectivity index (χ0n) is 11.8. The highest BCUT2D eigenvalue weighted by atomic mass is 16.3. The predicted molar refractivity (Wildman–Crippen MR) is 73.2 cm³/mol. The third-order valence-corrected chi connectivity index (χ3v) is 3.44. The maximum Gasteiger partial charge on any atom is 0.120 e. The van der Waals surface area contributed by atoms with E-state index >= 15 is 0 Å². The molecule has 0 radical (unpaired) electrons. The fourth-order valence-electron chi connectivity index (χ4n) is 2.07. The summed E-state index contributed by atoms with van der Waals surface area (Å²) in [5.41, 5.74) is 0. The minimum atomic E-state index is 0.319. The van der Waals surface area contributed by atoms with E-state index in [-0.39, 0.29) is 0 Å². The molecule has 1 N–H and O–H groups in total. The van der Waals surface area contributed by atoms with Crippen molar-refractivity contribution in [1.29, 1.82) is 0 Å². The van der Waals surface area contributed by atoms with Crippen LogP contribution in [0.15, 0.2) is 16.5 Å². The molecule has 1 heterocycles. The summed E-state index contributed by atoms with van der Waals surface area (Å²) in [5, 5.41) is 3.58. The van der Waals surface area contributed by atoms with Gasteiger partial charge in [0, 0.05) is 0 Å². The van der Waals surface area contributed by atoms with Crippen LogP contribution in [0.4, 0.5) is 0 Å². The third-order valence-electron chi connectivity index (χ3n) is 3.44. The molecule has 2 atom stereocenters. The molecule has 0 aliphatic carbocycles. The maximum absolute atomic E-state index is 5.63. The van der Waals surface area contributed by atoms with Gasteiger partial charge in [-0.25, -0.2) is 0 Å². The maximum atomic E-state index is 5.63. The Morgan fingerprint density at radius 2 is 2.06 bits per heavy atom. The average Bonchev–Trinajstić information content (AvgIpc) is 2.76. The highest BCUT2D eigenvalue weighted by Gasteiger charge is 2.11. The lowest BCUT2D eigenvalue weighted by atomic mass is 9.99. The molecule has 17 heavy (non-hydrogen) atoms. The van der Waals surface area contributed by atoms with E-state index in [0.29, 0.717) is 6.04 Å². The molecular formula is C15H27NO. The molecule has 0 saturated heterocycles. The van der Waals surface area contributed by atoms with Gasteiger partial charge in [0.15, 0.2) is 0 Å². The zero-order chi connectivity index (χ0) is 12.7.